The first-order valence-electron chi connectivity index (χ1n) is 18.3. The Morgan fingerprint density at radius 2 is 0.694 bits per heavy atom. The summed E-state index contributed by atoms with van der Waals surface area (Å²) in [4.78, 5) is 10.2. The fraction of sp³-hybridized carbons (Fsp3) is 0.833. The van der Waals surface area contributed by atoms with Gasteiger partial charge < -0.3 is 47.4 Å². The number of non-ortho nitro benzene ring substituents is 1. The van der Waals surface area contributed by atoms with Crippen LogP contribution in [-0.2, 0) is 42.6 Å². The average Bonchev–Trinajstić information content (AvgIpc) is 3.11. The second-order valence-electron chi connectivity index (χ2n) is 11.3. The smallest absolute Gasteiger partial charge is 0.269 e. The standard InChI is InChI=1S/C36H65NO12/c1-2-3-4-5-6-7-8-9-10-11-16-40-17-18-41-19-20-42-21-22-43-23-24-44-25-26-45-27-28-46-29-30-47-31-32-48-33-34-49-36-14-12-35(13-15-36)37(38)39/h12-15H,2-11,16-34H2,1H3. The maximum Gasteiger partial charge on any atom is 0.269 e. The van der Waals surface area contributed by atoms with Crippen LogP contribution in [0.25, 0.3) is 0 Å². The molecule has 0 aromatic heterocycles. The molecule has 0 aliphatic heterocycles. The van der Waals surface area contributed by atoms with Crippen LogP contribution in [0.4, 0.5) is 5.69 Å². The molecule has 0 aliphatic rings. The summed E-state index contributed by atoms with van der Waals surface area (Å²) in [5.74, 6) is 0.560. The zero-order chi connectivity index (χ0) is 35.1. The van der Waals surface area contributed by atoms with Gasteiger partial charge in [0.15, 0.2) is 0 Å². The summed E-state index contributed by atoms with van der Waals surface area (Å²) in [6.45, 7) is 12.1. The zero-order valence-corrected chi connectivity index (χ0v) is 30.2. The van der Waals surface area contributed by atoms with Gasteiger partial charge in [0.2, 0.25) is 0 Å². The lowest BCUT2D eigenvalue weighted by Gasteiger charge is -2.09. The van der Waals surface area contributed by atoms with Crippen molar-refractivity contribution in [2.45, 2.75) is 71.1 Å². The lowest BCUT2D eigenvalue weighted by Crippen LogP contribution is -2.15. The maximum absolute atomic E-state index is 10.6. The molecule has 49 heavy (non-hydrogen) atoms. The zero-order valence-electron chi connectivity index (χ0n) is 30.2. The van der Waals surface area contributed by atoms with Crippen LogP contribution in [0.2, 0.25) is 0 Å². The molecule has 0 aliphatic carbocycles. The van der Waals surface area contributed by atoms with E-state index in [9.17, 15) is 10.1 Å². The normalized spacial score (nSPS) is 11.4. The molecule has 0 heterocycles. The molecule has 13 nitrogen and oxygen atoms in total. The van der Waals surface area contributed by atoms with Crippen molar-refractivity contribution in [3.8, 4) is 5.75 Å². The second-order valence-corrected chi connectivity index (χ2v) is 11.3. The van der Waals surface area contributed by atoms with Crippen LogP contribution < -0.4 is 4.74 Å². The highest BCUT2D eigenvalue weighted by Gasteiger charge is 2.04. The average molecular weight is 704 g/mol. The van der Waals surface area contributed by atoms with E-state index >= 15 is 0 Å². The fourth-order valence-electron chi connectivity index (χ4n) is 4.44. The minimum Gasteiger partial charge on any atom is -0.491 e. The highest BCUT2D eigenvalue weighted by Crippen LogP contribution is 2.17. The maximum atomic E-state index is 10.6. The first kappa shape index (κ1) is 45.1. The van der Waals surface area contributed by atoms with Crippen molar-refractivity contribution in [3.05, 3.63) is 34.4 Å². The molecule has 0 fully saturated rings. The van der Waals surface area contributed by atoms with Crippen molar-refractivity contribution in [1.82, 2.24) is 0 Å². The summed E-state index contributed by atoms with van der Waals surface area (Å²) in [7, 11) is 0. The molecule has 1 aromatic carbocycles. The molecule has 0 saturated heterocycles. The lowest BCUT2D eigenvalue weighted by atomic mass is 10.1. The monoisotopic (exact) mass is 703 g/mol. The first-order valence-corrected chi connectivity index (χ1v) is 18.3. The van der Waals surface area contributed by atoms with Gasteiger partial charge in [0.25, 0.3) is 5.69 Å². The Kier molecular flexibility index (Phi) is 34.3. The SMILES string of the molecule is CCCCCCCCCCCCOCCOCCOCCOCCOCCOCCOCCOCCOCCOc1ccc([N+](=O)[O-])cc1. The number of nitrogens with zero attached hydrogens (tertiary/aromatic N) is 1. The third-order valence-electron chi connectivity index (χ3n) is 7.16. The Morgan fingerprint density at radius 1 is 0.408 bits per heavy atom. The van der Waals surface area contributed by atoms with Crippen LogP contribution in [0, 0.1) is 10.1 Å². The first-order chi connectivity index (χ1) is 24.2. The van der Waals surface area contributed by atoms with Crippen LogP contribution in [0.3, 0.4) is 0 Å². The van der Waals surface area contributed by atoms with Crippen LogP contribution in [0.1, 0.15) is 71.1 Å². The Morgan fingerprint density at radius 3 is 1.02 bits per heavy atom. The van der Waals surface area contributed by atoms with Gasteiger partial charge in [0.05, 0.1) is 117 Å². The Labute approximate surface area is 294 Å². The number of ether oxygens (including phenoxy) is 10. The van der Waals surface area contributed by atoms with Gasteiger partial charge in [0.1, 0.15) is 12.4 Å². The van der Waals surface area contributed by atoms with Crippen molar-refractivity contribution in [2.75, 3.05) is 126 Å². The van der Waals surface area contributed by atoms with E-state index in [1.165, 1.54) is 69.9 Å². The third-order valence-corrected chi connectivity index (χ3v) is 7.16. The van der Waals surface area contributed by atoms with Crippen LogP contribution in [0.15, 0.2) is 24.3 Å². The molecule has 0 spiro atoms. The summed E-state index contributed by atoms with van der Waals surface area (Å²) >= 11 is 0. The predicted octanol–water partition coefficient (Wildman–Crippen LogP) is 6.04. The number of rotatable bonds is 40. The van der Waals surface area contributed by atoms with Gasteiger partial charge in [-0.05, 0) is 18.6 Å². The molecule has 0 radical (unpaired) electrons. The number of hydrogen-bond donors (Lipinski definition) is 0. The van der Waals surface area contributed by atoms with E-state index in [0.29, 0.717) is 125 Å². The largest absolute Gasteiger partial charge is 0.491 e. The molecule has 0 unspecified atom stereocenters. The van der Waals surface area contributed by atoms with E-state index in [2.05, 4.69) is 6.92 Å². The summed E-state index contributed by atoms with van der Waals surface area (Å²) in [6.07, 6.45) is 13.4. The van der Waals surface area contributed by atoms with E-state index in [4.69, 9.17) is 47.4 Å². The number of nitro benzene ring substituents is 1. The Bertz CT molecular complexity index is 818. The highest BCUT2D eigenvalue weighted by atomic mass is 16.6. The van der Waals surface area contributed by atoms with Crippen LogP contribution in [0.5, 0.6) is 5.75 Å². The number of unbranched alkanes of at least 4 members (excludes halogenated alkanes) is 9. The van der Waals surface area contributed by atoms with E-state index in [0.717, 1.165) is 13.0 Å². The van der Waals surface area contributed by atoms with Crippen molar-refractivity contribution in [1.29, 1.82) is 0 Å². The van der Waals surface area contributed by atoms with E-state index in [-0.39, 0.29) is 5.69 Å². The van der Waals surface area contributed by atoms with Crippen LogP contribution >= 0.6 is 0 Å². The molecule has 0 bridgehead atoms. The molecule has 0 atom stereocenters. The third kappa shape index (κ3) is 33.0. The van der Waals surface area contributed by atoms with Crippen LogP contribution in [-0.4, -0.2) is 130 Å². The molecule has 286 valence electrons. The van der Waals surface area contributed by atoms with E-state index < -0.39 is 4.92 Å². The summed E-state index contributed by atoms with van der Waals surface area (Å²) in [5.41, 5.74) is 0.0293. The molecule has 0 saturated carbocycles. The minimum atomic E-state index is -0.448. The molecule has 0 N–H and O–H groups in total. The topological polar surface area (TPSA) is 135 Å². The molecular formula is C36H65NO12. The molecule has 13 heteroatoms. The van der Waals surface area contributed by atoms with Gasteiger partial charge in [0, 0.05) is 18.7 Å². The highest BCUT2D eigenvalue weighted by molar-refractivity contribution is 5.35. The van der Waals surface area contributed by atoms with Crippen molar-refractivity contribution < 1.29 is 52.3 Å². The van der Waals surface area contributed by atoms with E-state index in [1.807, 2.05) is 0 Å². The minimum absolute atomic E-state index is 0.0293. The fourth-order valence-corrected chi connectivity index (χ4v) is 4.44. The van der Waals surface area contributed by atoms with Crippen molar-refractivity contribution >= 4 is 5.69 Å². The van der Waals surface area contributed by atoms with Gasteiger partial charge in [-0.3, -0.25) is 10.1 Å². The Balaban J connectivity index is 1.64. The molecule has 0 amide bonds. The van der Waals surface area contributed by atoms with Crippen molar-refractivity contribution in [3.63, 3.8) is 0 Å². The summed E-state index contributed by atoms with van der Waals surface area (Å²) in [5, 5.41) is 10.6. The van der Waals surface area contributed by atoms with Gasteiger partial charge in [-0.2, -0.15) is 0 Å². The second kappa shape index (κ2) is 37.3. The van der Waals surface area contributed by atoms with Gasteiger partial charge in [-0.25, -0.2) is 0 Å². The number of benzene rings is 1. The van der Waals surface area contributed by atoms with Gasteiger partial charge >= 0.3 is 0 Å². The summed E-state index contributed by atoms with van der Waals surface area (Å²) in [6, 6.07) is 5.93. The Hall–Kier alpha value is -1.94. The quantitative estimate of drug-likeness (QED) is 0.0448. The van der Waals surface area contributed by atoms with Gasteiger partial charge in [-0.15, -0.1) is 0 Å². The molecular weight excluding hydrogens is 638 g/mol. The van der Waals surface area contributed by atoms with E-state index in [1.54, 1.807) is 12.1 Å². The van der Waals surface area contributed by atoms with Gasteiger partial charge in [-0.1, -0.05) is 64.7 Å². The predicted molar refractivity (Wildman–Crippen MR) is 188 cm³/mol. The number of nitro groups is 1. The van der Waals surface area contributed by atoms with Crippen molar-refractivity contribution in [2.24, 2.45) is 0 Å². The molecule has 1 aromatic rings. The lowest BCUT2D eigenvalue weighted by molar-refractivity contribution is -0.384. The summed E-state index contributed by atoms with van der Waals surface area (Å²) < 4.78 is 55.0. The molecule has 1 rings (SSSR count). The number of hydrogen-bond acceptors (Lipinski definition) is 12.